The summed E-state index contributed by atoms with van der Waals surface area (Å²) in [6.07, 6.45) is 3.26. The van der Waals surface area contributed by atoms with Crippen LogP contribution in [0, 0.1) is 0 Å². The van der Waals surface area contributed by atoms with Gasteiger partial charge in [-0.25, -0.2) is 4.79 Å². The van der Waals surface area contributed by atoms with Crippen molar-refractivity contribution in [3.63, 3.8) is 0 Å². The van der Waals surface area contributed by atoms with Gasteiger partial charge >= 0.3 is 5.97 Å². The van der Waals surface area contributed by atoms with Crippen molar-refractivity contribution in [1.82, 2.24) is 0 Å². The number of rotatable bonds is 11. The van der Waals surface area contributed by atoms with Crippen LogP contribution in [-0.4, -0.2) is 37.3 Å². The van der Waals surface area contributed by atoms with Crippen LogP contribution in [0.15, 0.2) is 18.2 Å². The van der Waals surface area contributed by atoms with E-state index in [1.54, 1.807) is 25.1 Å². The molecule has 0 aromatic heterocycles. The van der Waals surface area contributed by atoms with Crippen molar-refractivity contribution >= 4 is 17.6 Å². The molecule has 2 atom stereocenters. The zero-order valence-corrected chi connectivity index (χ0v) is 17.4. The Morgan fingerprint density at radius 2 is 1.93 bits per heavy atom. The molecule has 152 valence electrons. The van der Waals surface area contributed by atoms with E-state index >= 15 is 0 Å². The smallest absolute Gasteiger partial charge is 0.341 e. The molecule has 0 saturated carbocycles. The Kier molecular flexibility index (Phi) is 9.29. The molecular weight excluding hydrogens is 346 g/mol. The fourth-order valence-electron chi connectivity index (χ4n) is 2.63. The van der Waals surface area contributed by atoms with Crippen molar-refractivity contribution in [3.8, 4) is 5.75 Å². The molecule has 0 saturated heterocycles. The average Bonchev–Trinajstić information content (AvgIpc) is 2.66. The van der Waals surface area contributed by atoms with Crippen molar-refractivity contribution in [2.45, 2.75) is 72.0 Å². The highest BCUT2D eigenvalue weighted by atomic mass is 16.5. The molecule has 0 fully saturated rings. The number of anilines is 1. The van der Waals surface area contributed by atoms with Crippen LogP contribution in [0.3, 0.4) is 0 Å². The average molecular weight is 379 g/mol. The minimum absolute atomic E-state index is 0.0378. The summed E-state index contributed by atoms with van der Waals surface area (Å²) >= 11 is 0. The molecule has 0 aliphatic heterocycles. The number of hydrogen-bond donors (Lipinski definition) is 1. The molecule has 0 aliphatic carbocycles. The summed E-state index contributed by atoms with van der Waals surface area (Å²) in [6, 6.07) is 4.97. The van der Waals surface area contributed by atoms with Crippen LogP contribution in [0.25, 0.3) is 0 Å². The fourth-order valence-corrected chi connectivity index (χ4v) is 2.63. The van der Waals surface area contributed by atoms with E-state index in [9.17, 15) is 9.59 Å². The van der Waals surface area contributed by atoms with E-state index in [0.717, 1.165) is 19.3 Å². The summed E-state index contributed by atoms with van der Waals surface area (Å²) in [5, 5.41) is 2.86. The van der Waals surface area contributed by atoms with Crippen LogP contribution in [0.4, 0.5) is 5.69 Å². The number of esters is 1. The standard InChI is InChI=1S/C21H33NO5/c1-7-10-13-21(5,26-9-3)20(24)22-16-11-12-18(27-15(4)8-2)17(14-16)19(23)25-6/h11-12,14-15H,7-10,13H2,1-6H3,(H,22,24)/t15-,21+/m1/s1. The first-order valence-electron chi connectivity index (χ1n) is 9.65. The molecule has 1 aromatic carbocycles. The first-order chi connectivity index (χ1) is 12.8. The summed E-state index contributed by atoms with van der Waals surface area (Å²) < 4.78 is 16.4. The largest absolute Gasteiger partial charge is 0.490 e. The van der Waals surface area contributed by atoms with Crippen LogP contribution in [0.2, 0.25) is 0 Å². The van der Waals surface area contributed by atoms with Crippen molar-refractivity contribution in [2.75, 3.05) is 19.0 Å². The molecule has 1 N–H and O–H groups in total. The van der Waals surface area contributed by atoms with Gasteiger partial charge < -0.3 is 19.5 Å². The van der Waals surface area contributed by atoms with Gasteiger partial charge in [-0.2, -0.15) is 0 Å². The van der Waals surface area contributed by atoms with E-state index in [1.165, 1.54) is 7.11 Å². The van der Waals surface area contributed by atoms with E-state index in [4.69, 9.17) is 14.2 Å². The van der Waals surface area contributed by atoms with Crippen LogP contribution < -0.4 is 10.1 Å². The third kappa shape index (κ3) is 6.54. The van der Waals surface area contributed by atoms with Crippen LogP contribution in [0.1, 0.15) is 70.7 Å². The lowest BCUT2D eigenvalue weighted by Crippen LogP contribution is -2.42. The second-order valence-electron chi connectivity index (χ2n) is 6.76. The lowest BCUT2D eigenvalue weighted by atomic mass is 9.97. The SMILES string of the molecule is CCCC[C@](C)(OCC)C(=O)Nc1ccc(O[C@H](C)CC)c(C(=O)OC)c1. The summed E-state index contributed by atoms with van der Waals surface area (Å²) in [6.45, 7) is 10.1. The molecule has 0 aliphatic rings. The Balaban J connectivity index is 3.08. The number of carbonyl (C=O) groups excluding carboxylic acids is 2. The number of nitrogens with one attached hydrogen (secondary N) is 1. The van der Waals surface area contributed by atoms with Gasteiger partial charge in [-0.1, -0.05) is 26.7 Å². The van der Waals surface area contributed by atoms with Crippen LogP contribution >= 0.6 is 0 Å². The van der Waals surface area contributed by atoms with Crippen molar-refractivity contribution < 1.29 is 23.8 Å². The monoisotopic (exact) mass is 379 g/mol. The lowest BCUT2D eigenvalue weighted by molar-refractivity contribution is -0.139. The van der Waals surface area contributed by atoms with Crippen LogP contribution in [-0.2, 0) is 14.3 Å². The topological polar surface area (TPSA) is 73.9 Å². The fraction of sp³-hybridized carbons (Fsp3) is 0.619. The molecule has 0 bridgehead atoms. The zero-order chi connectivity index (χ0) is 20.4. The quantitative estimate of drug-likeness (QED) is 0.570. The Morgan fingerprint density at radius 3 is 2.48 bits per heavy atom. The summed E-state index contributed by atoms with van der Waals surface area (Å²) in [7, 11) is 1.32. The van der Waals surface area contributed by atoms with E-state index < -0.39 is 11.6 Å². The second-order valence-corrected chi connectivity index (χ2v) is 6.76. The number of hydrogen-bond acceptors (Lipinski definition) is 5. The number of amides is 1. The van der Waals surface area contributed by atoms with Gasteiger partial charge in [0.15, 0.2) is 0 Å². The van der Waals surface area contributed by atoms with Gasteiger partial charge in [0.2, 0.25) is 0 Å². The third-order valence-electron chi connectivity index (χ3n) is 4.50. The zero-order valence-electron chi connectivity index (χ0n) is 17.4. The Bertz CT molecular complexity index is 631. The maximum Gasteiger partial charge on any atom is 0.341 e. The van der Waals surface area contributed by atoms with Gasteiger partial charge in [0.25, 0.3) is 5.91 Å². The molecular formula is C21H33NO5. The van der Waals surface area contributed by atoms with Crippen LogP contribution in [0.5, 0.6) is 5.75 Å². The van der Waals surface area contributed by atoms with Gasteiger partial charge in [-0.3, -0.25) is 4.79 Å². The number of benzene rings is 1. The minimum Gasteiger partial charge on any atom is -0.490 e. The molecule has 1 amide bonds. The first kappa shape index (κ1) is 23.0. The van der Waals surface area contributed by atoms with Crippen molar-refractivity contribution in [1.29, 1.82) is 0 Å². The minimum atomic E-state index is -0.915. The summed E-state index contributed by atoms with van der Waals surface area (Å²) in [5.41, 5.74) is -0.135. The summed E-state index contributed by atoms with van der Waals surface area (Å²) in [4.78, 5) is 24.9. The Labute approximate surface area is 162 Å². The molecule has 0 radical (unpaired) electrons. The first-order valence-corrected chi connectivity index (χ1v) is 9.65. The van der Waals surface area contributed by atoms with E-state index in [2.05, 4.69) is 12.2 Å². The molecule has 1 rings (SSSR count). The maximum atomic E-state index is 12.8. The third-order valence-corrected chi connectivity index (χ3v) is 4.50. The molecule has 6 nitrogen and oxygen atoms in total. The van der Waals surface area contributed by atoms with Gasteiger partial charge in [-0.05, 0) is 51.8 Å². The van der Waals surface area contributed by atoms with Gasteiger partial charge in [-0.15, -0.1) is 0 Å². The molecule has 0 spiro atoms. The number of unbranched alkanes of at least 4 members (excludes halogenated alkanes) is 1. The predicted octanol–water partition coefficient (Wildman–Crippen LogP) is 4.57. The van der Waals surface area contributed by atoms with Gasteiger partial charge in [0.1, 0.15) is 16.9 Å². The highest BCUT2D eigenvalue weighted by Crippen LogP contribution is 2.27. The molecule has 6 heteroatoms. The maximum absolute atomic E-state index is 12.8. The molecule has 0 heterocycles. The summed E-state index contributed by atoms with van der Waals surface area (Å²) in [5.74, 6) is -0.306. The Hall–Kier alpha value is -2.08. The van der Waals surface area contributed by atoms with Crippen molar-refractivity contribution in [3.05, 3.63) is 23.8 Å². The van der Waals surface area contributed by atoms with E-state index in [1.807, 2.05) is 20.8 Å². The van der Waals surface area contributed by atoms with E-state index in [-0.39, 0.29) is 17.6 Å². The molecule has 27 heavy (non-hydrogen) atoms. The molecule has 1 aromatic rings. The Morgan fingerprint density at radius 1 is 1.22 bits per heavy atom. The highest BCUT2D eigenvalue weighted by Gasteiger charge is 2.33. The predicted molar refractivity (Wildman–Crippen MR) is 106 cm³/mol. The van der Waals surface area contributed by atoms with Gasteiger partial charge in [0.05, 0.1) is 13.2 Å². The number of methoxy groups -OCH3 is 1. The number of ether oxygens (including phenoxy) is 3. The second kappa shape index (κ2) is 10.9. The normalized spacial score (nSPS) is 14.1. The molecule has 0 unspecified atom stereocenters. The highest BCUT2D eigenvalue weighted by molar-refractivity contribution is 5.99. The van der Waals surface area contributed by atoms with Gasteiger partial charge in [0, 0.05) is 12.3 Å². The number of carbonyl (C=O) groups is 2. The van der Waals surface area contributed by atoms with Crippen molar-refractivity contribution in [2.24, 2.45) is 0 Å². The van der Waals surface area contributed by atoms with E-state index in [0.29, 0.717) is 24.5 Å². The lowest BCUT2D eigenvalue weighted by Gasteiger charge is -2.28.